The van der Waals surface area contributed by atoms with E-state index in [2.05, 4.69) is 5.32 Å². The molecule has 0 unspecified atom stereocenters. The van der Waals surface area contributed by atoms with Crippen LogP contribution in [-0.4, -0.2) is 13.1 Å². The standard InChI is InChI=1S/C15H13F3N4/c16-15(17,18)13-7-12(21-10-11(8-19)9-20)3-4-14(13)22-5-1-2-6-22/h3-4,7,10,21H,1-2,5-6H2. The first-order valence-electron chi connectivity index (χ1n) is 6.69. The van der Waals surface area contributed by atoms with Crippen molar-refractivity contribution in [3.05, 3.63) is 35.5 Å². The summed E-state index contributed by atoms with van der Waals surface area (Å²) < 4.78 is 39.7. The molecule has 1 aromatic rings. The number of rotatable bonds is 3. The molecule has 1 N–H and O–H groups in total. The molecule has 0 atom stereocenters. The fraction of sp³-hybridized carbons (Fsp3) is 0.333. The lowest BCUT2D eigenvalue weighted by Gasteiger charge is -2.23. The smallest absolute Gasteiger partial charge is 0.371 e. The van der Waals surface area contributed by atoms with Crippen LogP contribution in [0.2, 0.25) is 0 Å². The van der Waals surface area contributed by atoms with Crippen molar-refractivity contribution in [2.75, 3.05) is 23.3 Å². The minimum Gasteiger partial charge on any atom is -0.371 e. The second kappa shape index (κ2) is 6.40. The van der Waals surface area contributed by atoms with Crippen molar-refractivity contribution >= 4 is 11.4 Å². The van der Waals surface area contributed by atoms with Crippen LogP contribution in [0.25, 0.3) is 0 Å². The quantitative estimate of drug-likeness (QED) is 0.866. The zero-order chi connectivity index (χ0) is 16.2. The highest BCUT2D eigenvalue weighted by Crippen LogP contribution is 2.39. The molecule has 4 nitrogen and oxygen atoms in total. The molecule has 1 aliphatic rings. The Morgan fingerprint density at radius 3 is 2.36 bits per heavy atom. The lowest BCUT2D eigenvalue weighted by molar-refractivity contribution is -0.137. The summed E-state index contributed by atoms with van der Waals surface area (Å²) in [7, 11) is 0. The summed E-state index contributed by atoms with van der Waals surface area (Å²) in [4.78, 5) is 1.72. The number of nitriles is 2. The Labute approximate surface area is 126 Å². The Balaban J connectivity index is 2.34. The van der Waals surface area contributed by atoms with Crippen LogP contribution in [-0.2, 0) is 6.18 Å². The van der Waals surface area contributed by atoms with E-state index in [-0.39, 0.29) is 16.9 Å². The van der Waals surface area contributed by atoms with E-state index in [1.165, 1.54) is 12.1 Å². The van der Waals surface area contributed by atoms with Crippen molar-refractivity contribution in [2.45, 2.75) is 19.0 Å². The molecule has 1 fully saturated rings. The minimum atomic E-state index is -4.47. The molecular weight excluding hydrogens is 293 g/mol. The fourth-order valence-electron chi connectivity index (χ4n) is 2.33. The van der Waals surface area contributed by atoms with Gasteiger partial charge in [-0.3, -0.25) is 0 Å². The Hall–Kier alpha value is -2.67. The molecule has 1 aromatic carbocycles. The van der Waals surface area contributed by atoms with Crippen molar-refractivity contribution < 1.29 is 13.2 Å². The average Bonchev–Trinajstić information content (AvgIpc) is 3.01. The van der Waals surface area contributed by atoms with Gasteiger partial charge in [0.1, 0.15) is 17.7 Å². The van der Waals surface area contributed by atoms with Crippen LogP contribution >= 0.6 is 0 Å². The van der Waals surface area contributed by atoms with Crippen LogP contribution in [0.4, 0.5) is 24.5 Å². The summed E-state index contributed by atoms with van der Waals surface area (Å²) in [5.41, 5.74) is -0.584. The number of anilines is 2. The zero-order valence-electron chi connectivity index (χ0n) is 11.6. The third-order valence-electron chi connectivity index (χ3n) is 3.37. The predicted octanol–water partition coefficient (Wildman–Crippen LogP) is 3.65. The number of alkyl halides is 3. The topological polar surface area (TPSA) is 62.9 Å². The van der Waals surface area contributed by atoms with Crippen LogP contribution in [0.5, 0.6) is 0 Å². The van der Waals surface area contributed by atoms with Crippen LogP contribution in [0.3, 0.4) is 0 Å². The number of nitrogens with zero attached hydrogens (tertiary/aromatic N) is 3. The Morgan fingerprint density at radius 1 is 1.18 bits per heavy atom. The van der Waals surface area contributed by atoms with E-state index in [1.807, 2.05) is 0 Å². The van der Waals surface area contributed by atoms with Gasteiger partial charge in [-0.05, 0) is 31.0 Å². The summed E-state index contributed by atoms with van der Waals surface area (Å²) in [6.45, 7) is 1.23. The first-order chi connectivity index (χ1) is 10.5. The third kappa shape index (κ3) is 3.50. The third-order valence-corrected chi connectivity index (χ3v) is 3.37. The van der Waals surface area contributed by atoms with Crippen LogP contribution in [0, 0.1) is 22.7 Å². The summed E-state index contributed by atoms with van der Waals surface area (Å²) in [6, 6.07) is 7.18. The van der Waals surface area contributed by atoms with Gasteiger partial charge in [0.2, 0.25) is 0 Å². The van der Waals surface area contributed by atoms with Crippen molar-refractivity contribution in [1.29, 1.82) is 10.5 Å². The van der Waals surface area contributed by atoms with Gasteiger partial charge < -0.3 is 10.2 Å². The highest BCUT2D eigenvalue weighted by atomic mass is 19.4. The summed E-state index contributed by atoms with van der Waals surface area (Å²) in [6.07, 6.45) is -1.61. The van der Waals surface area contributed by atoms with Gasteiger partial charge >= 0.3 is 6.18 Å². The molecule has 22 heavy (non-hydrogen) atoms. The van der Waals surface area contributed by atoms with Crippen molar-refractivity contribution in [3.8, 4) is 12.1 Å². The highest BCUT2D eigenvalue weighted by Gasteiger charge is 2.35. The van der Waals surface area contributed by atoms with E-state index in [0.717, 1.165) is 25.1 Å². The molecule has 1 aliphatic heterocycles. The maximum absolute atomic E-state index is 13.2. The number of hydrogen-bond acceptors (Lipinski definition) is 4. The maximum atomic E-state index is 13.2. The van der Waals surface area contributed by atoms with E-state index in [0.29, 0.717) is 13.1 Å². The first-order valence-corrected chi connectivity index (χ1v) is 6.69. The van der Waals surface area contributed by atoms with Gasteiger partial charge in [0.05, 0.1) is 5.56 Å². The van der Waals surface area contributed by atoms with Gasteiger partial charge in [-0.2, -0.15) is 23.7 Å². The molecule has 0 amide bonds. The Bertz CT molecular complexity index is 643. The minimum absolute atomic E-state index is 0.167. The van der Waals surface area contributed by atoms with Gasteiger partial charge in [0.25, 0.3) is 0 Å². The van der Waals surface area contributed by atoms with Gasteiger partial charge in [0.15, 0.2) is 0 Å². The molecule has 0 bridgehead atoms. The zero-order valence-corrected chi connectivity index (χ0v) is 11.6. The summed E-state index contributed by atoms with van der Waals surface area (Å²) >= 11 is 0. The van der Waals surface area contributed by atoms with Gasteiger partial charge in [-0.25, -0.2) is 0 Å². The molecule has 0 aliphatic carbocycles. The van der Waals surface area contributed by atoms with Gasteiger partial charge in [-0.15, -0.1) is 0 Å². The molecule has 7 heteroatoms. The van der Waals surface area contributed by atoms with Gasteiger partial charge in [0, 0.05) is 30.7 Å². The number of hydrogen-bond donors (Lipinski definition) is 1. The monoisotopic (exact) mass is 306 g/mol. The van der Waals surface area contributed by atoms with E-state index in [4.69, 9.17) is 10.5 Å². The summed E-state index contributed by atoms with van der Waals surface area (Å²) in [5, 5.41) is 19.8. The number of nitrogens with one attached hydrogen (secondary N) is 1. The van der Waals surface area contributed by atoms with E-state index in [1.54, 1.807) is 17.0 Å². The van der Waals surface area contributed by atoms with Gasteiger partial charge in [-0.1, -0.05) is 0 Å². The van der Waals surface area contributed by atoms with E-state index in [9.17, 15) is 13.2 Å². The molecule has 0 saturated carbocycles. The first kappa shape index (κ1) is 15.7. The molecule has 1 heterocycles. The van der Waals surface area contributed by atoms with Crippen molar-refractivity contribution in [1.82, 2.24) is 0 Å². The Kier molecular flexibility index (Phi) is 4.57. The predicted molar refractivity (Wildman–Crippen MR) is 75.8 cm³/mol. The Morgan fingerprint density at radius 2 is 1.82 bits per heavy atom. The molecule has 0 spiro atoms. The second-order valence-electron chi connectivity index (χ2n) is 4.85. The van der Waals surface area contributed by atoms with Crippen LogP contribution in [0.1, 0.15) is 18.4 Å². The average molecular weight is 306 g/mol. The highest BCUT2D eigenvalue weighted by molar-refractivity contribution is 5.63. The van der Waals surface area contributed by atoms with E-state index >= 15 is 0 Å². The lowest BCUT2D eigenvalue weighted by Crippen LogP contribution is -2.22. The molecular formula is C15H13F3N4. The maximum Gasteiger partial charge on any atom is 0.418 e. The number of benzene rings is 1. The number of allylic oxidation sites excluding steroid dienone is 1. The van der Waals surface area contributed by atoms with E-state index < -0.39 is 11.7 Å². The SMILES string of the molecule is N#CC(C#N)=CNc1ccc(N2CCCC2)c(C(F)(F)F)c1. The normalized spacial score (nSPS) is 14.1. The number of halogens is 3. The second-order valence-corrected chi connectivity index (χ2v) is 4.85. The van der Waals surface area contributed by atoms with Crippen LogP contribution < -0.4 is 10.2 Å². The van der Waals surface area contributed by atoms with Crippen LogP contribution in [0.15, 0.2) is 30.0 Å². The van der Waals surface area contributed by atoms with Crippen molar-refractivity contribution in [3.63, 3.8) is 0 Å². The molecule has 0 aromatic heterocycles. The molecule has 0 radical (unpaired) electrons. The fourth-order valence-corrected chi connectivity index (χ4v) is 2.33. The van der Waals surface area contributed by atoms with Crippen molar-refractivity contribution in [2.24, 2.45) is 0 Å². The molecule has 2 rings (SSSR count). The molecule has 1 saturated heterocycles. The molecule has 114 valence electrons. The largest absolute Gasteiger partial charge is 0.418 e. The lowest BCUT2D eigenvalue weighted by atomic mass is 10.1. The summed E-state index contributed by atoms with van der Waals surface area (Å²) in [5.74, 6) is 0.